The minimum Gasteiger partial charge on any atom is -0.496 e. The molecule has 0 saturated heterocycles. The molecule has 3 heterocycles. The topological polar surface area (TPSA) is 138 Å². The van der Waals surface area contributed by atoms with Crippen LogP contribution < -0.4 is 21.3 Å². The SMILES string of the molecule is CCNC(=O)C(C)(C)n1c(=O)c2c(C)c(-c3ncco3)sc2n(CC(O[C@H]2C[C@H]3C[C@@H](O)C[C@H]3C2)c2ccccc2OC)c1=O. The molecular formula is C33H40N4O7S. The zero-order chi connectivity index (χ0) is 32.0. The van der Waals surface area contributed by atoms with E-state index in [0.717, 1.165) is 35.8 Å². The number of oxazole rings is 1. The lowest BCUT2D eigenvalue weighted by Crippen LogP contribution is -2.55. The Balaban J connectivity index is 1.53. The molecule has 45 heavy (non-hydrogen) atoms. The fourth-order valence-electron chi connectivity index (χ4n) is 7.20. The Morgan fingerprint density at radius 3 is 2.56 bits per heavy atom. The third-order valence-corrected chi connectivity index (χ3v) is 10.7. The molecule has 0 bridgehead atoms. The largest absolute Gasteiger partial charge is 0.496 e. The standard InChI is InChI=1S/C33H40N4O7S/c1-6-34-31(40)33(3,4)37-29(39)26-18(2)27(28-35-11-12-43-28)45-30(26)36(32(37)41)17-25(23-9-7-8-10-24(23)42-5)44-22-15-19-13-21(38)14-20(19)16-22/h7-12,19-22,25,38H,6,13-17H2,1-5H3,(H,34,40)/t19-,20+,21-,22+,25?. The number of carbonyl (C=O) groups excluding carboxylic acids is 1. The molecule has 240 valence electrons. The molecule has 1 aromatic carbocycles. The fraction of sp³-hybridized carbons (Fsp3) is 0.515. The lowest BCUT2D eigenvalue weighted by molar-refractivity contribution is -0.128. The number of carbonyl (C=O) groups is 1. The number of nitrogens with zero attached hydrogens (tertiary/aromatic N) is 3. The number of benzene rings is 1. The van der Waals surface area contributed by atoms with Gasteiger partial charge in [0.1, 0.15) is 28.5 Å². The smallest absolute Gasteiger partial charge is 0.333 e. The lowest BCUT2D eigenvalue weighted by atomic mass is 10.0. The highest BCUT2D eigenvalue weighted by atomic mass is 32.1. The van der Waals surface area contributed by atoms with E-state index in [1.165, 1.54) is 23.8 Å². The van der Waals surface area contributed by atoms with Gasteiger partial charge in [-0.25, -0.2) is 14.3 Å². The van der Waals surface area contributed by atoms with Crippen molar-refractivity contribution in [3.05, 3.63) is 68.7 Å². The van der Waals surface area contributed by atoms with Crippen molar-refractivity contribution >= 4 is 27.5 Å². The van der Waals surface area contributed by atoms with Crippen LogP contribution in [0.4, 0.5) is 0 Å². The number of ether oxygens (including phenoxy) is 2. The van der Waals surface area contributed by atoms with Gasteiger partial charge in [-0.3, -0.25) is 14.2 Å². The van der Waals surface area contributed by atoms with E-state index in [1.54, 1.807) is 39.4 Å². The fourth-order valence-corrected chi connectivity index (χ4v) is 8.45. The molecule has 0 radical (unpaired) electrons. The number of aromatic nitrogens is 3. The molecule has 2 aliphatic rings. The first-order chi connectivity index (χ1) is 21.5. The molecule has 6 rings (SSSR count). The monoisotopic (exact) mass is 636 g/mol. The van der Waals surface area contributed by atoms with E-state index in [-0.39, 0.29) is 18.8 Å². The van der Waals surface area contributed by atoms with Gasteiger partial charge in [0.25, 0.3) is 5.56 Å². The third-order valence-electron chi connectivity index (χ3n) is 9.43. The Bertz CT molecular complexity index is 1810. The molecule has 11 nitrogen and oxygen atoms in total. The van der Waals surface area contributed by atoms with Gasteiger partial charge >= 0.3 is 5.69 Å². The number of aryl methyl sites for hydroxylation is 1. The van der Waals surface area contributed by atoms with E-state index in [0.29, 0.717) is 50.7 Å². The number of para-hydroxylation sites is 1. The van der Waals surface area contributed by atoms with Crippen LogP contribution in [0.25, 0.3) is 21.0 Å². The molecule has 2 fully saturated rings. The molecule has 5 atom stereocenters. The first kappa shape index (κ1) is 31.3. The number of nitrogens with one attached hydrogen (secondary N) is 1. The highest BCUT2D eigenvalue weighted by Gasteiger charge is 2.43. The van der Waals surface area contributed by atoms with Gasteiger partial charge in [0, 0.05) is 12.1 Å². The predicted octanol–water partition coefficient (Wildman–Crippen LogP) is 4.38. The van der Waals surface area contributed by atoms with Crippen LogP contribution in [-0.4, -0.2) is 51.0 Å². The highest BCUT2D eigenvalue weighted by molar-refractivity contribution is 7.22. The number of methoxy groups -OCH3 is 1. The predicted molar refractivity (Wildman–Crippen MR) is 171 cm³/mol. The first-order valence-corrected chi connectivity index (χ1v) is 16.3. The molecule has 2 N–H and O–H groups in total. The van der Waals surface area contributed by atoms with Crippen molar-refractivity contribution in [3.63, 3.8) is 0 Å². The Labute approximate surface area is 264 Å². The maximum atomic E-state index is 14.5. The van der Waals surface area contributed by atoms with Crippen LogP contribution in [0.5, 0.6) is 5.75 Å². The summed E-state index contributed by atoms with van der Waals surface area (Å²) >= 11 is 1.26. The van der Waals surface area contributed by atoms with Gasteiger partial charge in [0.2, 0.25) is 11.8 Å². The van der Waals surface area contributed by atoms with Crippen LogP contribution in [-0.2, 0) is 21.6 Å². The Morgan fingerprint density at radius 1 is 1.20 bits per heavy atom. The van der Waals surface area contributed by atoms with E-state index in [4.69, 9.17) is 13.9 Å². The molecule has 1 unspecified atom stereocenters. The van der Waals surface area contributed by atoms with Gasteiger partial charge in [-0.05, 0) is 76.8 Å². The van der Waals surface area contributed by atoms with E-state index in [9.17, 15) is 19.5 Å². The minimum atomic E-state index is -1.48. The second-order valence-corrected chi connectivity index (χ2v) is 13.6. The van der Waals surface area contributed by atoms with Crippen LogP contribution in [0, 0.1) is 18.8 Å². The number of thiophene rings is 1. The van der Waals surface area contributed by atoms with Crippen molar-refractivity contribution in [2.24, 2.45) is 11.8 Å². The summed E-state index contributed by atoms with van der Waals surface area (Å²) in [6.07, 6.45) is 5.27. The third kappa shape index (κ3) is 5.53. The molecule has 0 spiro atoms. The summed E-state index contributed by atoms with van der Waals surface area (Å²) in [6.45, 7) is 7.17. The number of hydrogen-bond acceptors (Lipinski definition) is 9. The van der Waals surface area contributed by atoms with Gasteiger partial charge in [0.05, 0.1) is 42.3 Å². The summed E-state index contributed by atoms with van der Waals surface area (Å²) in [5.41, 5.74) is -1.25. The Hall–Kier alpha value is -3.74. The molecule has 12 heteroatoms. The van der Waals surface area contributed by atoms with Crippen molar-refractivity contribution in [3.8, 4) is 16.5 Å². The summed E-state index contributed by atoms with van der Waals surface area (Å²) in [5, 5.41) is 13.3. The van der Waals surface area contributed by atoms with Gasteiger partial charge in [-0.15, -0.1) is 11.3 Å². The number of aliphatic hydroxyl groups excluding tert-OH is 1. The van der Waals surface area contributed by atoms with E-state index in [2.05, 4.69) is 10.3 Å². The molecule has 2 saturated carbocycles. The second kappa shape index (κ2) is 12.2. The number of amides is 1. The molecule has 4 aromatic rings. The van der Waals surface area contributed by atoms with Crippen molar-refractivity contribution in [1.29, 1.82) is 0 Å². The van der Waals surface area contributed by atoms with E-state index < -0.39 is 28.8 Å². The maximum absolute atomic E-state index is 14.5. The zero-order valence-electron chi connectivity index (χ0n) is 26.2. The van der Waals surface area contributed by atoms with Crippen LogP contribution in [0.2, 0.25) is 0 Å². The van der Waals surface area contributed by atoms with Crippen molar-refractivity contribution in [2.75, 3.05) is 13.7 Å². The van der Waals surface area contributed by atoms with Gasteiger partial charge in [-0.2, -0.15) is 0 Å². The quantitative estimate of drug-likeness (QED) is 0.262. The highest BCUT2D eigenvalue weighted by Crippen LogP contribution is 2.47. The van der Waals surface area contributed by atoms with Gasteiger partial charge < -0.3 is 24.3 Å². The average Bonchev–Trinajstić information content (AvgIpc) is 3.79. The number of fused-ring (bicyclic) bond motifs is 2. The van der Waals surface area contributed by atoms with Crippen LogP contribution >= 0.6 is 11.3 Å². The van der Waals surface area contributed by atoms with E-state index in [1.807, 2.05) is 24.3 Å². The normalized spacial score (nSPS) is 22.1. The minimum absolute atomic E-state index is 0.0702. The molecular weight excluding hydrogens is 596 g/mol. The van der Waals surface area contributed by atoms with Gasteiger partial charge in [-0.1, -0.05) is 18.2 Å². The summed E-state index contributed by atoms with van der Waals surface area (Å²) < 4.78 is 20.8. The van der Waals surface area contributed by atoms with Crippen molar-refractivity contribution in [1.82, 2.24) is 19.4 Å². The van der Waals surface area contributed by atoms with Gasteiger partial charge in [0.15, 0.2) is 0 Å². The number of likely N-dealkylation sites (N-methyl/N-ethyl adjacent to an activating group) is 1. The second-order valence-electron chi connectivity index (χ2n) is 12.6. The van der Waals surface area contributed by atoms with Crippen LogP contribution in [0.15, 0.2) is 50.7 Å². The zero-order valence-corrected chi connectivity index (χ0v) is 27.1. The number of aliphatic hydroxyl groups is 1. The summed E-state index contributed by atoms with van der Waals surface area (Å²) in [6, 6.07) is 7.57. The maximum Gasteiger partial charge on any atom is 0.333 e. The summed E-state index contributed by atoms with van der Waals surface area (Å²) in [7, 11) is 1.60. The van der Waals surface area contributed by atoms with E-state index >= 15 is 0 Å². The molecule has 2 aliphatic carbocycles. The van der Waals surface area contributed by atoms with Crippen LogP contribution in [0.1, 0.15) is 63.7 Å². The first-order valence-electron chi connectivity index (χ1n) is 15.5. The van der Waals surface area contributed by atoms with Crippen LogP contribution in [0.3, 0.4) is 0 Å². The molecule has 1 amide bonds. The van der Waals surface area contributed by atoms with Crippen molar-refractivity contribution < 1.29 is 23.8 Å². The van der Waals surface area contributed by atoms with Crippen molar-refractivity contribution in [2.45, 2.75) is 83.8 Å². The average molecular weight is 637 g/mol. The number of rotatable bonds is 10. The molecule has 0 aliphatic heterocycles. The summed E-state index contributed by atoms with van der Waals surface area (Å²) in [4.78, 5) is 47.4. The Morgan fingerprint density at radius 2 is 1.91 bits per heavy atom. The lowest BCUT2D eigenvalue weighted by Gasteiger charge is -2.29. The summed E-state index contributed by atoms with van der Waals surface area (Å²) in [5.74, 6) is 1.34. The number of hydrogen-bond donors (Lipinski definition) is 2. The Kier molecular flexibility index (Phi) is 8.49. The molecule has 3 aromatic heterocycles.